The molecule has 1 aromatic rings. The Morgan fingerprint density at radius 2 is 2.00 bits per heavy atom. The molecular weight excluding hydrogens is 252 g/mol. The number of ether oxygens (including phenoxy) is 2. The number of hydrogen-bond donors (Lipinski definition) is 1. The van der Waals surface area contributed by atoms with E-state index in [1.807, 2.05) is 19.9 Å². The van der Waals surface area contributed by atoms with E-state index in [0.29, 0.717) is 25.4 Å². The normalized spacial score (nSPS) is 26.9. The molecule has 1 saturated heterocycles. The number of hydrogen-bond acceptors (Lipinski definition) is 3. The third kappa shape index (κ3) is 2.84. The average Bonchev–Trinajstić information content (AvgIpc) is 2.40. The van der Waals surface area contributed by atoms with Crippen LogP contribution in [0.15, 0.2) is 12.1 Å². The van der Waals surface area contributed by atoms with Crippen molar-refractivity contribution >= 4 is 0 Å². The molecule has 1 aromatic carbocycles. The average molecular weight is 278 g/mol. The highest BCUT2D eigenvalue weighted by molar-refractivity contribution is 5.44. The van der Waals surface area contributed by atoms with Crippen LogP contribution in [0.25, 0.3) is 0 Å². The van der Waals surface area contributed by atoms with Gasteiger partial charge >= 0.3 is 0 Å². The summed E-state index contributed by atoms with van der Waals surface area (Å²) < 4.78 is 11.1. The number of methoxy groups -OCH3 is 1. The third-order valence-corrected chi connectivity index (χ3v) is 4.37. The molecular formula is C17H26O3. The van der Waals surface area contributed by atoms with Gasteiger partial charge in [-0.1, -0.05) is 13.8 Å². The van der Waals surface area contributed by atoms with E-state index in [1.165, 1.54) is 0 Å². The lowest BCUT2D eigenvalue weighted by Gasteiger charge is -2.40. The predicted octanol–water partition coefficient (Wildman–Crippen LogP) is 3.33. The first-order chi connectivity index (χ1) is 9.37. The summed E-state index contributed by atoms with van der Waals surface area (Å²) >= 11 is 0. The summed E-state index contributed by atoms with van der Waals surface area (Å²) in [4.78, 5) is 0. The van der Waals surface area contributed by atoms with Crippen molar-refractivity contribution < 1.29 is 14.6 Å². The molecule has 0 amide bonds. The van der Waals surface area contributed by atoms with Crippen molar-refractivity contribution in [1.29, 1.82) is 0 Å². The van der Waals surface area contributed by atoms with Crippen LogP contribution in [0.1, 0.15) is 43.4 Å². The fraction of sp³-hybridized carbons (Fsp3) is 0.647. The van der Waals surface area contributed by atoms with Crippen LogP contribution >= 0.6 is 0 Å². The van der Waals surface area contributed by atoms with Crippen LogP contribution in [0.5, 0.6) is 5.75 Å². The van der Waals surface area contributed by atoms with E-state index in [0.717, 1.165) is 22.4 Å². The maximum atomic E-state index is 11.1. The number of benzene rings is 1. The van der Waals surface area contributed by atoms with Crippen molar-refractivity contribution in [2.24, 2.45) is 5.92 Å². The lowest BCUT2D eigenvalue weighted by Crippen LogP contribution is -2.41. The van der Waals surface area contributed by atoms with Gasteiger partial charge in [0.1, 0.15) is 5.75 Å². The summed E-state index contributed by atoms with van der Waals surface area (Å²) in [6, 6.07) is 4.08. The van der Waals surface area contributed by atoms with Crippen molar-refractivity contribution in [1.82, 2.24) is 0 Å². The van der Waals surface area contributed by atoms with Gasteiger partial charge in [-0.2, -0.15) is 0 Å². The van der Waals surface area contributed by atoms with Gasteiger partial charge in [0.2, 0.25) is 0 Å². The molecule has 1 heterocycles. The van der Waals surface area contributed by atoms with Crippen molar-refractivity contribution in [2.75, 3.05) is 13.7 Å². The van der Waals surface area contributed by atoms with E-state index < -0.39 is 5.60 Å². The van der Waals surface area contributed by atoms with Crippen LogP contribution in [0.2, 0.25) is 0 Å². The van der Waals surface area contributed by atoms with Crippen LogP contribution in [-0.4, -0.2) is 24.9 Å². The third-order valence-electron chi connectivity index (χ3n) is 4.37. The highest BCUT2D eigenvalue weighted by atomic mass is 16.5. The molecule has 1 aliphatic rings. The standard InChI is InChI=1S/C17H26O3/c1-11(2)16-10-17(18,6-7-20-16)14-8-13(4)15(19-5)9-12(14)3/h8-9,11,16,18H,6-7,10H2,1-5H3. The van der Waals surface area contributed by atoms with Crippen LogP contribution in [0.3, 0.4) is 0 Å². The second kappa shape index (κ2) is 5.74. The maximum absolute atomic E-state index is 11.1. The van der Waals surface area contributed by atoms with Gasteiger partial charge in [0.25, 0.3) is 0 Å². The van der Waals surface area contributed by atoms with Gasteiger partial charge < -0.3 is 14.6 Å². The Morgan fingerprint density at radius 1 is 1.30 bits per heavy atom. The van der Waals surface area contributed by atoms with E-state index in [2.05, 4.69) is 19.9 Å². The second-order valence-electron chi connectivity index (χ2n) is 6.28. The Hall–Kier alpha value is -1.06. The van der Waals surface area contributed by atoms with E-state index in [9.17, 15) is 5.11 Å². The summed E-state index contributed by atoms with van der Waals surface area (Å²) in [7, 11) is 1.68. The first kappa shape index (κ1) is 15.3. The minimum absolute atomic E-state index is 0.121. The molecule has 2 unspecified atom stereocenters. The second-order valence-corrected chi connectivity index (χ2v) is 6.28. The molecule has 112 valence electrons. The Kier molecular flexibility index (Phi) is 4.40. The van der Waals surface area contributed by atoms with E-state index in [-0.39, 0.29) is 6.10 Å². The van der Waals surface area contributed by atoms with Gasteiger partial charge in [0.05, 0.1) is 25.4 Å². The van der Waals surface area contributed by atoms with Gasteiger partial charge in [0, 0.05) is 12.8 Å². The van der Waals surface area contributed by atoms with E-state index >= 15 is 0 Å². The monoisotopic (exact) mass is 278 g/mol. The van der Waals surface area contributed by atoms with Crippen molar-refractivity contribution in [3.05, 3.63) is 28.8 Å². The highest BCUT2D eigenvalue weighted by Gasteiger charge is 2.38. The van der Waals surface area contributed by atoms with E-state index in [1.54, 1.807) is 7.11 Å². The van der Waals surface area contributed by atoms with Gasteiger partial charge in [-0.05, 0) is 48.6 Å². The van der Waals surface area contributed by atoms with E-state index in [4.69, 9.17) is 9.47 Å². The molecule has 0 saturated carbocycles. The Bertz CT molecular complexity index is 481. The maximum Gasteiger partial charge on any atom is 0.122 e. The molecule has 0 aromatic heterocycles. The first-order valence-corrected chi connectivity index (χ1v) is 7.37. The molecule has 3 nitrogen and oxygen atoms in total. The fourth-order valence-electron chi connectivity index (χ4n) is 3.06. The lowest BCUT2D eigenvalue weighted by atomic mass is 9.79. The molecule has 0 radical (unpaired) electrons. The Morgan fingerprint density at radius 3 is 2.60 bits per heavy atom. The summed E-state index contributed by atoms with van der Waals surface area (Å²) in [5.74, 6) is 1.30. The molecule has 2 rings (SSSR count). The molecule has 2 atom stereocenters. The highest BCUT2D eigenvalue weighted by Crippen LogP contribution is 2.39. The number of rotatable bonds is 3. The van der Waals surface area contributed by atoms with Crippen LogP contribution < -0.4 is 4.74 Å². The van der Waals surface area contributed by atoms with Crippen LogP contribution in [0, 0.1) is 19.8 Å². The first-order valence-electron chi connectivity index (χ1n) is 7.37. The number of aliphatic hydroxyl groups is 1. The van der Waals surface area contributed by atoms with Gasteiger partial charge in [-0.3, -0.25) is 0 Å². The smallest absolute Gasteiger partial charge is 0.122 e. The Balaban J connectivity index is 2.36. The zero-order chi connectivity index (χ0) is 14.9. The summed E-state index contributed by atoms with van der Waals surface area (Å²) in [5.41, 5.74) is 2.38. The fourth-order valence-corrected chi connectivity index (χ4v) is 3.06. The minimum atomic E-state index is -0.783. The van der Waals surface area contributed by atoms with Gasteiger partial charge in [-0.25, -0.2) is 0 Å². The minimum Gasteiger partial charge on any atom is -0.496 e. The Labute approximate surface area is 121 Å². The van der Waals surface area contributed by atoms with Gasteiger partial charge in [-0.15, -0.1) is 0 Å². The topological polar surface area (TPSA) is 38.7 Å². The quantitative estimate of drug-likeness (QED) is 0.921. The molecule has 1 aliphatic heterocycles. The van der Waals surface area contributed by atoms with Crippen LogP contribution in [0.4, 0.5) is 0 Å². The lowest BCUT2D eigenvalue weighted by molar-refractivity contribution is -0.121. The molecule has 0 bridgehead atoms. The zero-order valence-corrected chi connectivity index (χ0v) is 13.2. The summed E-state index contributed by atoms with van der Waals surface area (Å²) in [6.07, 6.45) is 1.44. The molecule has 20 heavy (non-hydrogen) atoms. The van der Waals surface area contributed by atoms with Crippen LogP contribution in [-0.2, 0) is 10.3 Å². The number of aryl methyl sites for hydroxylation is 2. The van der Waals surface area contributed by atoms with Crippen molar-refractivity contribution in [2.45, 2.75) is 52.2 Å². The SMILES string of the molecule is COc1cc(C)c(C2(O)CCOC(C(C)C)C2)cc1C. The predicted molar refractivity (Wildman–Crippen MR) is 80.2 cm³/mol. The van der Waals surface area contributed by atoms with Crippen molar-refractivity contribution in [3.63, 3.8) is 0 Å². The van der Waals surface area contributed by atoms with Crippen molar-refractivity contribution in [3.8, 4) is 5.75 Å². The molecule has 1 fully saturated rings. The zero-order valence-electron chi connectivity index (χ0n) is 13.2. The summed E-state index contributed by atoms with van der Waals surface area (Å²) in [6.45, 7) is 8.95. The van der Waals surface area contributed by atoms with Gasteiger partial charge in [0.15, 0.2) is 0 Å². The molecule has 1 N–H and O–H groups in total. The molecule has 0 spiro atoms. The molecule has 0 aliphatic carbocycles. The molecule has 3 heteroatoms. The summed E-state index contributed by atoms with van der Waals surface area (Å²) in [5, 5.41) is 11.1. The largest absolute Gasteiger partial charge is 0.496 e.